The lowest BCUT2D eigenvalue weighted by atomic mass is 9.42. The number of fused-ring (bicyclic) bond motifs is 5. The second-order valence-electron chi connectivity index (χ2n) is 19.6. The zero-order valence-electron chi connectivity index (χ0n) is 34.9. The van der Waals surface area contributed by atoms with Crippen LogP contribution in [-0.2, 0) is 42.7 Å². The van der Waals surface area contributed by atoms with E-state index in [2.05, 4.69) is 6.92 Å². The minimum atomic E-state index is -1.01. The number of carbonyl (C=O) groups excluding carboxylic acids is 2. The zero-order valence-corrected chi connectivity index (χ0v) is 34.9. The van der Waals surface area contributed by atoms with E-state index in [4.69, 9.17) is 38.9 Å². The maximum Gasteiger partial charge on any atom is 0.331 e. The number of esters is 1. The molecule has 0 aromatic heterocycles. The first kappa shape index (κ1) is 42.9. The molecule has 4 heterocycles. The van der Waals surface area contributed by atoms with Gasteiger partial charge in [-0.1, -0.05) is 13.8 Å². The summed E-state index contributed by atoms with van der Waals surface area (Å²) in [6, 6.07) is 0. The highest BCUT2D eigenvalue weighted by molar-refractivity contribution is 5.85. The van der Waals surface area contributed by atoms with Gasteiger partial charge in [0.05, 0.1) is 54.9 Å². The van der Waals surface area contributed by atoms with E-state index in [9.17, 15) is 30.0 Å². The molecule has 0 radical (unpaired) electrons. The van der Waals surface area contributed by atoms with Crippen LogP contribution in [0.4, 0.5) is 0 Å². The van der Waals surface area contributed by atoms with Crippen molar-refractivity contribution in [2.45, 2.75) is 185 Å². The molecule has 0 aromatic carbocycles. The highest BCUT2D eigenvalue weighted by Crippen LogP contribution is 2.70. The normalized spacial score (nSPS) is 51.2. The van der Waals surface area contributed by atoms with Crippen LogP contribution in [0.25, 0.3) is 0 Å². The van der Waals surface area contributed by atoms with E-state index in [1.807, 2.05) is 32.6 Å². The number of hydrogen-bond donors (Lipinski definition) is 5. The number of primary amides is 1. The van der Waals surface area contributed by atoms with Crippen LogP contribution in [0.3, 0.4) is 0 Å². The molecule has 8 rings (SSSR count). The van der Waals surface area contributed by atoms with Gasteiger partial charge in [-0.2, -0.15) is 0 Å². The van der Waals surface area contributed by atoms with Crippen LogP contribution in [0.15, 0.2) is 11.6 Å². The standard InChI is InChI=1S/C43H68N2O13/c1-22-19-45(20-34(44)49)13-10-36(53-22)57-39-23(2)55-38(18-32(39)47)58-40-24(3)54-37(17-31(40)46)56-27-8-11-41(4)26(15-27)6-7-29-30(41)16-33(48)42(5)28(9-12-43(29,42)51)25-14-35(50)52-21-25/h14,22-24,26-33,36-40,46-48,51H,6-13,15-21H2,1-5H3,(H2,44,49)/t22?,23-,24-,26?,27-,28+,29?,30?,31-,32-,33-,36?,37-,38-,39+,40+,41-,42-,43-/m0/s1. The Morgan fingerprint density at radius 3 is 2.16 bits per heavy atom. The van der Waals surface area contributed by atoms with Crippen LogP contribution in [0.1, 0.15) is 105 Å². The van der Waals surface area contributed by atoms with Crippen molar-refractivity contribution < 1.29 is 63.2 Å². The molecule has 5 unspecified atom stereocenters. The third-order valence-electron chi connectivity index (χ3n) is 16.2. The fourth-order valence-electron chi connectivity index (χ4n) is 13.2. The lowest BCUT2D eigenvalue weighted by molar-refractivity contribution is -0.329. The molecule has 0 aromatic rings. The van der Waals surface area contributed by atoms with Gasteiger partial charge in [-0.3, -0.25) is 9.69 Å². The van der Waals surface area contributed by atoms with Crippen molar-refractivity contribution in [2.24, 2.45) is 40.2 Å². The Bertz CT molecular complexity index is 1530. The maximum absolute atomic E-state index is 12.6. The number of nitrogens with two attached hydrogens (primary N) is 1. The molecule has 8 aliphatic rings. The van der Waals surface area contributed by atoms with Crippen LogP contribution in [0.2, 0.25) is 0 Å². The number of nitrogens with zero attached hydrogens (tertiary/aromatic N) is 1. The summed E-state index contributed by atoms with van der Waals surface area (Å²) in [5, 5.41) is 47.0. The summed E-state index contributed by atoms with van der Waals surface area (Å²) < 4.78 is 42.9. The number of aliphatic hydroxyl groups excluding tert-OH is 3. The zero-order chi connectivity index (χ0) is 41.3. The predicted octanol–water partition coefficient (Wildman–Crippen LogP) is 2.28. The Morgan fingerprint density at radius 2 is 1.52 bits per heavy atom. The Morgan fingerprint density at radius 1 is 0.845 bits per heavy atom. The van der Waals surface area contributed by atoms with Crippen molar-refractivity contribution in [3.63, 3.8) is 0 Å². The highest BCUT2D eigenvalue weighted by Gasteiger charge is 2.71. The van der Waals surface area contributed by atoms with Gasteiger partial charge in [0.15, 0.2) is 18.9 Å². The average molecular weight is 821 g/mol. The summed E-state index contributed by atoms with van der Waals surface area (Å²) in [6.07, 6.45) is 1.95. The highest BCUT2D eigenvalue weighted by atomic mass is 16.7. The summed E-state index contributed by atoms with van der Waals surface area (Å²) in [6.45, 7) is 11.5. The van der Waals surface area contributed by atoms with Crippen molar-refractivity contribution in [3.8, 4) is 0 Å². The van der Waals surface area contributed by atoms with Crippen LogP contribution in [0, 0.1) is 34.5 Å². The molecule has 4 saturated carbocycles. The molecule has 58 heavy (non-hydrogen) atoms. The van der Waals surface area contributed by atoms with E-state index in [0.717, 1.165) is 44.1 Å². The van der Waals surface area contributed by atoms with Gasteiger partial charge in [-0.25, -0.2) is 4.79 Å². The van der Waals surface area contributed by atoms with Crippen LogP contribution < -0.4 is 5.73 Å². The fourth-order valence-corrected chi connectivity index (χ4v) is 13.2. The molecule has 6 N–H and O–H groups in total. The minimum Gasteiger partial charge on any atom is -0.458 e. The first-order valence-electron chi connectivity index (χ1n) is 22.1. The Balaban J connectivity index is 0.823. The third kappa shape index (κ3) is 7.82. The molecule has 1 amide bonds. The molecule has 0 spiro atoms. The monoisotopic (exact) mass is 820 g/mol. The van der Waals surface area contributed by atoms with Gasteiger partial charge in [0.2, 0.25) is 5.91 Å². The van der Waals surface area contributed by atoms with E-state index in [1.54, 1.807) is 6.08 Å². The van der Waals surface area contributed by atoms with Gasteiger partial charge >= 0.3 is 5.97 Å². The first-order chi connectivity index (χ1) is 27.5. The number of cyclic esters (lactones) is 1. The second kappa shape index (κ2) is 16.5. The molecule has 4 aliphatic carbocycles. The van der Waals surface area contributed by atoms with Crippen LogP contribution >= 0.6 is 0 Å². The van der Waals surface area contributed by atoms with Crippen LogP contribution in [0.5, 0.6) is 0 Å². The van der Waals surface area contributed by atoms with Gasteiger partial charge in [0, 0.05) is 43.8 Å². The molecule has 19 atom stereocenters. The number of rotatable bonds is 9. The van der Waals surface area contributed by atoms with Crippen LogP contribution in [-0.4, -0.2) is 143 Å². The molecule has 15 heteroatoms. The molecule has 4 aliphatic heterocycles. The lowest BCUT2D eigenvalue weighted by Crippen LogP contribution is -2.67. The minimum absolute atomic E-state index is 0.0395. The van der Waals surface area contributed by atoms with Gasteiger partial charge in [0.25, 0.3) is 0 Å². The molecular formula is C43H68N2O13. The van der Waals surface area contributed by atoms with Crippen molar-refractivity contribution in [1.82, 2.24) is 4.90 Å². The molecule has 328 valence electrons. The van der Waals surface area contributed by atoms with Crippen molar-refractivity contribution in [2.75, 3.05) is 26.2 Å². The summed E-state index contributed by atoms with van der Waals surface area (Å²) in [4.78, 5) is 25.4. The largest absolute Gasteiger partial charge is 0.458 e. The molecule has 7 fully saturated rings. The second-order valence-corrected chi connectivity index (χ2v) is 19.6. The number of carbonyl (C=O) groups is 2. The van der Waals surface area contributed by atoms with Crippen molar-refractivity contribution in [1.29, 1.82) is 0 Å². The smallest absolute Gasteiger partial charge is 0.331 e. The molecule has 0 bridgehead atoms. The van der Waals surface area contributed by atoms with Crippen molar-refractivity contribution >= 4 is 11.9 Å². The molecule has 15 nitrogen and oxygen atoms in total. The predicted molar refractivity (Wildman–Crippen MR) is 206 cm³/mol. The topological polar surface area (TPSA) is 209 Å². The lowest BCUT2D eigenvalue weighted by Gasteiger charge is -2.65. The van der Waals surface area contributed by atoms with Gasteiger partial charge in [-0.15, -0.1) is 0 Å². The average Bonchev–Trinajstić information content (AvgIpc) is 3.64. The van der Waals surface area contributed by atoms with Gasteiger partial charge < -0.3 is 59.3 Å². The third-order valence-corrected chi connectivity index (χ3v) is 16.2. The number of ether oxygens (including phenoxy) is 7. The summed E-state index contributed by atoms with van der Waals surface area (Å²) in [7, 11) is 0. The van der Waals surface area contributed by atoms with E-state index >= 15 is 0 Å². The SMILES string of the molecule is CC1CN(CC(N)=O)CCC(O[C@@H]2[C@H](C)O[C@@H](O[C@@H]3[C@H](C)O[C@@H](O[C@H]4CC[C@@]5(C)C(CCC6C5C[C@H](O)[C@]5(C)[C@@H](C7=CC(=O)OC7)CC[C@]65O)C4)C[C@@H]3O)C[C@@H]2O)O1. The number of amides is 1. The van der Waals surface area contributed by atoms with Gasteiger partial charge in [0.1, 0.15) is 18.8 Å². The van der Waals surface area contributed by atoms with Crippen molar-refractivity contribution in [3.05, 3.63) is 11.6 Å². The van der Waals surface area contributed by atoms with E-state index in [0.29, 0.717) is 38.3 Å². The van der Waals surface area contributed by atoms with E-state index in [1.165, 1.54) is 0 Å². The van der Waals surface area contributed by atoms with E-state index < -0.39 is 78.5 Å². The summed E-state index contributed by atoms with van der Waals surface area (Å²) in [5.41, 5.74) is 4.51. The Labute approximate surface area is 342 Å². The van der Waals surface area contributed by atoms with Gasteiger partial charge in [-0.05, 0) is 107 Å². The Kier molecular flexibility index (Phi) is 12.2. The molecular weight excluding hydrogens is 752 g/mol. The fraction of sp³-hybridized carbons (Fsp3) is 0.907. The Hall–Kier alpha value is -1.76. The van der Waals surface area contributed by atoms with E-state index in [-0.39, 0.29) is 67.3 Å². The summed E-state index contributed by atoms with van der Waals surface area (Å²) >= 11 is 0. The first-order valence-corrected chi connectivity index (χ1v) is 22.1. The number of hydrogen-bond acceptors (Lipinski definition) is 14. The molecule has 3 saturated heterocycles. The quantitative estimate of drug-likeness (QED) is 0.167. The maximum atomic E-state index is 12.6. The summed E-state index contributed by atoms with van der Waals surface area (Å²) in [5.74, 6) is -0.177. The number of aliphatic hydroxyl groups is 4.